The molecule has 2 aromatic rings. The molecule has 16 heavy (non-hydrogen) atoms. The summed E-state index contributed by atoms with van der Waals surface area (Å²) >= 11 is 0. The molecule has 0 spiro atoms. The number of benzene rings is 1. The second-order valence-electron chi connectivity index (χ2n) is 3.77. The van der Waals surface area contributed by atoms with Gasteiger partial charge in [0.2, 0.25) is 0 Å². The summed E-state index contributed by atoms with van der Waals surface area (Å²) in [6.45, 7) is 3.55. The number of furan rings is 1. The molecule has 0 atom stereocenters. The van der Waals surface area contributed by atoms with Crippen LogP contribution in [0.4, 0.5) is 0 Å². The van der Waals surface area contributed by atoms with E-state index in [1.54, 1.807) is 0 Å². The van der Waals surface area contributed by atoms with Crippen molar-refractivity contribution in [2.45, 2.75) is 19.9 Å². The van der Waals surface area contributed by atoms with Gasteiger partial charge in [-0.05, 0) is 25.6 Å². The highest BCUT2D eigenvalue weighted by atomic mass is 16.5. The Balaban J connectivity index is 2.34. The summed E-state index contributed by atoms with van der Waals surface area (Å²) in [4.78, 5) is 0. The van der Waals surface area contributed by atoms with Gasteiger partial charge in [0.25, 0.3) is 0 Å². The molecule has 0 bridgehead atoms. The van der Waals surface area contributed by atoms with Crippen LogP contribution in [0.3, 0.4) is 0 Å². The lowest BCUT2D eigenvalue weighted by Gasteiger charge is -2.04. The number of fused-ring (bicyclic) bond motifs is 1. The summed E-state index contributed by atoms with van der Waals surface area (Å²) in [5, 5.41) is 4.17. The molecular weight excluding hydrogens is 202 g/mol. The van der Waals surface area contributed by atoms with Crippen LogP contribution in [0.2, 0.25) is 0 Å². The second kappa shape index (κ2) is 5.03. The van der Waals surface area contributed by atoms with Crippen molar-refractivity contribution in [3.63, 3.8) is 0 Å². The SMILES string of the molecule is CCCOc1cccc2cc(CNC)oc12. The van der Waals surface area contributed by atoms with Crippen LogP contribution in [0.1, 0.15) is 19.1 Å². The molecule has 0 fully saturated rings. The average molecular weight is 219 g/mol. The van der Waals surface area contributed by atoms with Crippen molar-refractivity contribution >= 4 is 11.0 Å². The van der Waals surface area contributed by atoms with Crippen LogP contribution in [0.25, 0.3) is 11.0 Å². The molecule has 1 heterocycles. The number of hydrogen-bond acceptors (Lipinski definition) is 3. The van der Waals surface area contributed by atoms with Gasteiger partial charge in [0.15, 0.2) is 11.3 Å². The van der Waals surface area contributed by atoms with Gasteiger partial charge in [0, 0.05) is 5.39 Å². The molecule has 3 heteroatoms. The van der Waals surface area contributed by atoms with E-state index >= 15 is 0 Å². The maximum atomic E-state index is 5.75. The minimum atomic E-state index is 0.723. The highest BCUT2D eigenvalue weighted by Gasteiger charge is 2.08. The summed E-state index contributed by atoms with van der Waals surface area (Å²) in [7, 11) is 1.90. The monoisotopic (exact) mass is 219 g/mol. The van der Waals surface area contributed by atoms with Gasteiger partial charge in [0.1, 0.15) is 5.76 Å². The van der Waals surface area contributed by atoms with Crippen LogP contribution in [0.5, 0.6) is 5.75 Å². The molecule has 0 saturated carbocycles. The number of rotatable bonds is 5. The first kappa shape index (κ1) is 11.0. The van der Waals surface area contributed by atoms with Gasteiger partial charge in [-0.1, -0.05) is 19.1 Å². The van der Waals surface area contributed by atoms with Gasteiger partial charge in [-0.25, -0.2) is 0 Å². The van der Waals surface area contributed by atoms with E-state index < -0.39 is 0 Å². The van der Waals surface area contributed by atoms with Crippen molar-refractivity contribution in [1.82, 2.24) is 5.32 Å². The Morgan fingerprint density at radius 2 is 2.25 bits per heavy atom. The highest BCUT2D eigenvalue weighted by molar-refractivity contribution is 5.83. The molecule has 3 nitrogen and oxygen atoms in total. The smallest absolute Gasteiger partial charge is 0.176 e. The van der Waals surface area contributed by atoms with Crippen molar-refractivity contribution in [1.29, 1.82) is 0 Å². The Bertz CT molecular complexity index is 462. The molecule has 0 radical (unpaired) electrons. The second-order valence-corrected chi connectivity index (χ2v) is 3.77. The Morgan fingerprint density at radius 3 is 3.00 bits per heavy atom. The molecule has 1 N–H and O–H groups in total. The predicted octanol–water partition coefficient (Wildman–Crippen LogP) is 2.94. The molecule has 1 aromatic carbocycles. The Hall–Kier alpha value is -1.48. The number of ether oxygens (including phenoxy) is 1. The van der Waals surface area contributed by atoms with E-state index in [0.29, 0.717) is 0 Å². The maximum absolute atomic E-state index is 5.75. The minimum Gasteiger partial charge on any atom is -0.490 e. The average Bonchev–Trinajstić information content (AvgIpc) is 2.69. The molecule has 86 valence electrons. The third-order valence-electron chi connectivity index (χ3n) is 2.37. The maximum Gasteiger partial charge on any atom is 0.176 e. The van der Waals surface area contributed by atoms with Crippen LogP contribution in [-0.4, -0.2) is 13.7 Å². The highest BCUT2D eigenvalue weighted by Crippen LogP contribution is 2.28. The van der Waals surface area contributed by atoms with Gasteiger partial charge in [-0.3, -0.25) is 0 Å². The first-order chi connectivity index (χ1) is 7.85. The molecule has 0 aliphatic heterocycles. The van der Waals surface area contributed by atoms with Gasteiger partial charge >= 0.3 is 0 Å². The summed E-state index contributed by atoms with van der Waals surface area (Å²) in [5.41, 5.74) is 0.848. The zero-order chi connectivity index (χ0) is 11.4. The third kappa shape index (κ3) is 2.19. The number of hydrogen-bond donors (Lipinski definition) is 1. The quantitative estimate of drug-likeness (QED) is 0.839. The fraction of sp³-hybridized carbons (Fsp3) is 0.385. The van der Waals surface area contributed by atoms with Crippen molar-refractivity contribution < 1.29 is 9.15 Å². The number of nitrogens with one attached hydrogen (secondary N) is 1. The standard InChI is InChI=1S/C13H17NO2/c1-3-7-15-12-6-4-5-10-8-11(9-14-2)16-13(10)12/h4-6,8,14H,3,7,9H2,1-2H3. The molecule has 0 aliphatic carbocycles. The van der Waals surface area contributed by atoms with Gasteiger partial charge in [-0.2, -0.15) is 0 Å². The first-order valence-corrected chi connectivity index (χ1v) is 5.64. The van der Waals surface area contributed by atoms with E-state index in [-0.39, 0.29) is 0 Å². The molecule has 0 unspecified atom stereocenters. The van der Waals surface area contributed by atoms with E-state index in [9.17, 15) is 0 Å². The molecule has 0 saturated heterocycles. The summed E-state index contributed by atoms with van der Waals surface area (Å²) < 4.78 is 11.4. The summed E-state index contributed by atoms with van der Waals surface area (Å²) in [6.07, 6.45) is 1.00. The van der Waals surface area contributed by atoms with Gasteiger partial charge in [-0.15, -0.1) is 0 Å². The molecular formula is C13H17NO2. The van der Waals surface area contributed by atoms with Crippen molar-refractivity contribution in [2.24, 2.45) is 0 Å². The normalized spacial score (nSPS) is 10.9. The van der Waals surface area contributed by atoms with E-state index in [1.807, 2.05) is 31.3 Å². The lowest BCUT2D eigenvalue weighted by molar-refractivity contribution is 0.315. The van der Waals surface area contributed by atoms with Gasteiger partial charge < -0.3 is 14.5 Å². The number of para-hydroxylation sites is 1. The molecule has 0 aliphatic rings. The third-order valence-corrected chi connectivity index (χ3v) is 2.37. The van der Waals surface area contributed by atoms with E-state index in [0.717, 1.165) is 42.1 Å². The molecule has 1 aromatic heterocycles. The Labute approximate surface area is 95.4 Å². The fourth-order valence-electron chi connectivity index (χ4n) is 1.68. The topological polar surface area (TPSA) is 34.4 Å². The van der Waals surface area contributed by atoms with Crippen molar-refractivity contribution in [3.05, 3.63) is 30.0 Å². The summed E-state index contributed by atoms with van der Waals surface area (Å²) in [5.74, 6) is 1.77. The van der Waals surface area contributed by atoms with Crippen LogP contribution in [-0.2, 0) is 6.54 Å². The minimum absolute atomic E-state index is 0.723. The zero-order valence-electron chi connectivity index (χ0n) is 9.75. The predicted molar refractivity (Wildman–Crippen MR) is 64.8 cm³/mol. The largest absolute Gasteiger partial charge is 0.490 e. The van der Waals surface area contributed by atoms with E-state index in [1.165, 1.54) is 0 Å². The molecule has 2 rings (SSSR count). The van der Waals surface area contributed by atoms with Gasteiger partial charge in [0.05, 0.1) is 13.2 Å². The van der Waals surface area contributed by atoms with Crippen molar-refractivity contribution in [2.75, 3.05) is 13.7 Å². The van der Waals surface area contributed by atoms with Crippen molar-refractivity contribution in [3.8, 4) is 5.75 Å². The van der Waals surface area contributed by atoms with Crippen LogP contribution in [0.15, 0.2) is 28.7 Å². The first-order valence-electron chi connectivity index (χ1n) is 5.64. The lowest BCUT2D eigenvalue weighted by atomic mass is 10.2. The van der Waals surface area contributed by atoms with E-state index in [2.05, 4.69) is 12.2 Å². The lowest BCUT2D eigenvalue weighted by Crippen LogP contribution is -2.03. The van der Waals surface area contributed by atoms with Crippen LogP contribution in [0, 0.1) is 0 Å². The fourth-order valence-corrected chi connectivity index (χ4v) is 1.68. The van der Waals surface area contributed by atoms with Crippen LogP contribution < -0.4 is 10.1 Å². The van der Waals surface area contributed by atoms with E-state index in [4.69, 9.17) is 9.15 Å². The molecule has 0 amide bonds. The summed E-state index contributed by atoms with van der Waals surface area (Å²) in [6, 6.07) is 8.03. The zero-order valence-corrected chi connectivity index (χ0v) is 9.75. The Morgan fingerprint density at radius 1 is 1.38 bits per heavy atom. The Kier molecular flexibility index (Phi) is 3.47. The van der Waals surface area contributed by atoms with Crippen LogP contribution >= 0.6 is 0 Å².